The average Bonchev–Trinajstić information content (AvgIpc) is 3.34. The summed E-state index contributed by atoms with van der Waals surface area (Å²) in [6.45, 7) is 0.688. The summed E-state index contributed by atoms with van der Waals surface area (Å²) in [5.74, 6) is 1.21. The number of carbonyl (C=O) groups is 1. The summed E-state index contributed by atoms with van der Waals surface area (Å²) in [6, 6.07) is 12.6. The molecule has 6 heteroatoms. The summed E-state index contributed by atoms with van der Waals surface area (Å²) in [5.41, 5.74) is 1.13. The number of benzene rings is 1. The molecule has 1 aliphatic heterocycles. The van der Waals surface area contributed by atoms with Crippen molar-refractivity contribution < 1.29 is 13.7 Å². The topological polar surface area (TPSA) is 59.5 Å². The summed E-state index contributed by atoms with van der Waals surface area (Å²) < 4.78 is 10.8. The highest BCUT2D eigenvalue weighted by Crippen LogP contribution is 2.33. The Morgan fingerprint density at radius 1 is 1.25 bits per heavy atom. The standard InChI is InChI=1S/C18H15ClN2O3/c19-13-7-5-12(6-8-13)17-11-14(20-24-17)18(22)21-9-1-3-15(21)16-4-2-10-23-16/h2,4-8,10-11,15H,1,3,9H2/t15-/m0/s1. The smallest absolute Gasteiger partial charge is 0.276 e. The zero-order valence-electron chi connectivity index (χ0n) is 12.8. The Balaban J connectivity index is 1.57. The van der Waals surface area contributed by atoms with Gasteiger partial charge in [-0.1, -0.05) is 16.8 Å². The molecule has 0 aliphatic carbocycles. The van der Waals surface area contributed by atoms with Crippen LogP contribution in [0.25, 0.3) is 11.3 Å². The fourth-order valence-electron chi connectivity index (χ4n) is 3.06. The number of likely N-dealkylation sites (tertiary alicyclic amines) is 1. The largest absolute Gasteiger partial charge is 0.467 e. The van der Waals surface area contributed by atoms with E-state index < -0.39 is 0 Å². The van der Waals surface area contributed by atoms with Gasteiger partial charge in [0.05, 0.1) is 12.3 Å². The van der Waals surface area contributed by atoms with Gasteiger partial charge < -0.3 is 13.8 Å². The van der Waals surface area contributed by atoms with Crippen LogP contribution in [0.5, 0.6) is 0 Å². The summed E-state index contributed by atoms with van der Waals surface area (Å²) in [6.07, 6.45) is 3.46. The summed E-state index contributed by atoms with van der Waals surface area (Å²) in [4.78, 5) is 14.6. The van der Waals surface area contributed by atoms with Crippen molar-refractivity contribution >= 4 is 17.5 Å². The van der Waals surface area contributed by atoms with Crippen molar-refractivity contribution in [1.82, 2.24) is 10.1 Å². The molecule has 3 heterocycles. The lowest BCUT2D eigenvalue weighted by Gasteiger charge is -2.21. The summed E-state index contributed by atoms with van der Waals surface area (Å²) in [5, 5.41) is 4.59. The predicted octanol–water partition coefficient (Wildman–Crippen LogP) is 4.57. The van der Waals surface area contributed by atoms with Crippen molar-refractivity contribution in [2.75, 3.05) is 6.54 Å². The van der Waals surface area contributed by atoms with Gasteiger partial charge in [0.2, 0.25) is 0 Å². The van der Waals surface area contributed by atoms with Crippen LogP contribution in [0.1, 0.15) is 35.1 Å². The highest BCUT2D eigenvalue weighted by atomic mass is 35.5. The van der Waals surface area contributed by atoms with Gasteiger partial charge in [0, 0.05) is 23.2 Å². The van der Waals surface area contributed by atoms with E-state index in [9.17, 15) is 4.79 Å². The Labute approximate surface area is 143 Å². The van der Waals surface area contributed by atoms with Gasteiger partial charge in [-0.05, 0) is 49.2 Å². The number of nitrogens with zero attached hydrogens (tertiary/aromatic N) is 2. The van der Waals surface area contributed by atoms with Crippen molar-refractivity contribution in [3.8, 4) is 11.3 Å². The van der Waals surface area contributed by atoms with E-state index in [4.69, 9.17) is 20.5 Å². The van der Waals surface area contributed by atoms with Gasteiger partial charge in [0.15, 0.2) is 11.5 Å². The SMILES string of the molecule is O=C(c1cc(-c2ccc(Cl)cc2)on1)N1CCC[C@H]1c1ccco1. The molecule has 0 bridgehead atoms. The second-order valence-electron chi connectivity index (χ2n) is 5.76. The van der Waals surface area contributed by atoms with Crippen LogP contribution >= 0.6 is 11.6 Å². The molecular weight excluding hydrogens is 328 g/mol. The lowest BCUT2D eigenvalue weighted by molar-refractivity contribution is 0.0709. The van der Waals surface area contributed by atoms with Gasteiger partial charge in [-0.3, -0.25) is 4.79 Å². The minimum Gasteiger partial charge on any atom is -0.467 e. The highest BCUT2D eigenvalue weighted by Gasteiger charge is 2.33. The zero-order chi connectivity index (χ0) is 16.5. The zero-order valence-corrected chi connectivity index (χ0v) is 13.6. The molecule has 1 fully saturated rings. The molecule has 0 N–H and O–H groups in total. The molecule has 0 spiro atoms. The van der Waals surface area contributed by atoms with Crippen LogP contribution in [-0.2, 0) is 0 Å². The maximum atomic E-state index is 12.8. The number of aromatic nitrogens is 1. The molecule has 5 nitrogen and oxygen atoms in total. The molecule has 3 aromatic rings. The van der Waals surface area contributed by atoms with Crippen molar-refractivity contribution in [3.05, 3.63) is 65.2 Å². The Morgan fingerprint density at radius 3 is 2.83 bits per heavy atom. The van der Waals surface area contributed by atoms with E-state index >= 15 is 0 Å². The Morgan fingerprint density at radius 2 is 2.08 bits per heavy atom. The molecule has 122 valence electrons. The fraction of sp³-hybridized carbons (Fsp3) is 0.222. The first kappa shape index (κ1) is 15.0. The molecular formula is C18H15ClN2O3. The van der Waals surface area contributed by atoms with E-state index in [1.54, 1.807) is 29.4 Å². The van der Waals surface area contributed by atoms with Gasteiger partial charge in [-0.2, -0.15) is 0 Å². The van der Waals surface area contributed by atoms with Crippen LogP contribution in [0, 0.1) is 0 Å². The number of amides is 1. The Hall–Kier alpha value is -2.53. The maximum Gasteiger partial charge on any atom is 0.276 e. The van der Waals surface area contributed by atoms with E-state index in [0.717, 1.165) is 24.2 Å². The number of hydrogen-bond donors (Lipinski definition) is 0. The molecule has 0 radical (unpaired) electrons. The van der Waals surface area contributed by atoms with Crippen molar-refractivity contribution in [2.45, 2.75) is 18.9 Å². The lowest BCUT2D eigenvalue weighted by atomic mass is 10.1. The third kappa shape index (κ3) is 2.71. The molecule has 2 aromatic heterocycles. The first-order chi connectivity index (χ1) is 11.7. The molecule has 0 unspecified atom stereocenters. The first-order valence-corrected chi connectivity index (χ1v) is 8.17. The van der Waals surface area contributed by atoms with Gasteiger partial charge in [-0.15, -0.1) is 0 Å². The summed E-state index contributed by atoms with van der Waals surface area (Å²) in [7, 11) is 0. The fourth-order valence-corrected chi connectivity index (χ4v) is 3.19. The van der Waals surface area contributed by atoms with Gasteiger partial charge in [0.25, 0.3) is 5.91 Å². The lowest BCUT2D eigenvalue weighted by Crippen LogP contribution is -2.30. The predicted molar refractivity (Wildman–Crippen MR) is 88.7 cm³/mol. The quantitative estimate of drug-likeness (QED) is 0.699. The average molecular weight is 343 g/mol. The highest BCUT2D eigenvalue weighted by molar-refractivity contribution is 6.30. The van der Waals surface area contributed by atoms with E-state index in [1.807, 2.05) is 24.3 Å². The van der Waals surface area contributed by atoms with Gasteiger partial charge >= 0.3 is 0 Å². The first-order valence-electron chi connectivity index (χ1n) is 7.79. The van der Waals surface area contributed by atoms with Crippen LogP contribution in [0.3, 0.4) is 0 Å². The molecule has 1 amide bonds. The number of rotatable bonds is 3. The second kappa shape index (κ2) is 6.17. The summed E-state index contributed by atoms with van der Waals surface area (Å²) >= 11 is 5.89. The number of furan rings is 1. The maximum absolute atomic E-state index is 12.8. The van der Waals surface area contributed by atoms with Crippen LogP contribution in [-0.4, -0.2) is 22.5 Å². The Kier molecular flexibility index (Phi) is 3.86. The molecule has 4 rings (SSSR count). The van der Waals surface area contributed by atoms with Crippen molar-refractivity contribution in [3.63, 3.8) is 0 Å². The number of carbonyl (C=O) groups excluding carboxylic acids is 1. The molecule has 24 heavy (non-hydrogen) atoms. The van der Waals surface area contributed by atoms with Gasteiger partial charge in [-0.25, -0.2) is 0 Å². The molecule has 1 atom stereocenters. The van der Waals surface area contributed by atoms with Crippen LogP contribution < -0.4 is 0 Å². The van der Waals surface area contributed by atoms with Gasteiger partial charge in [0.1, 0.15) is 5.76 Å². The van der Waals surface area contributed by atoms with Crippen molar-refractivity contribution in [2.24, 2.45) is 0 Å². The van der Waals surface area contributed by atoms with Crippen LogP contribution in [0.15, 0.2) is 57.7 Å². The molecule has 1 saturated heterocycles. The third-order valence-electron chi connectivity index (χ3n) is 4.24. The normalized spacial score (nSPS) is 17.4. The molecule has 1 aliphatic rings. The number of hydrogen-bond acceptors (Lipinski definition) is 4. The second-order valence-corrected chi connectivity index (χ2v) is 6.19. The molecule has 0 saturated carbocycles. The minimum atomic E-state index is -0.141. The third-order valence-corrected chi connectivity index (χ3v) is 4.50. The minimum absolute atomic E-state index is 0.0387. The van der Waals surface area contributed by atoms with Crippen LogP contribution in [0.4, 0.5) is 0 Å². The van der Waals surface area contributed by atoms with Crippen LogP contribution in [0.2, 0.25) is 5.02 Å². The monoisotopic (exact) mass is 342 g/mol. The van der Waals surface area contributed by atoms with E-state index in [-0.39, 0.29) is 11.9 Å². The van der Waals surface area contributed by atoms with E-state index in [1.165, 1.54) is 0 Å². The van der Waals surface area contributed by atoms with E-state index in [0.29, 0.717) is 23.0 Å². The number of halogens is 1. The van der Waals surface area contributed by atoms with Crippen molar-refractivity contribution in [1.29, 1.82) is 0 Å². The van der Waals surface area contributed by atoms with E-state index in [2.05, 4.69) is 5.16 Å². The molecule has 1 aromatic carbocycles. The Bertz CT molecular complexity index is 840.